The van der Waals surface area contributed by atoms with Crippen molar-refractivity contribution in [3.05, 3.63) is 47.5 Å². The molecule has 6 nitrogen and oxygen atoms in total. The molecule has 0 unspecified atom stereocenters. The van der Waals surface area contributed by atoms with E-state index in [0.717, 1.165) is 11.4 Å². The van der Waals surface area contributed by atoms with Gasteiger partial charge in [-0.3, -0.25) is 9.98 Å². The van der Waals surface area contributed by atoms with Crippen molar-refractivity contribution in [2.75, 3.05) is 28.3 Å². The summed E-state index contributed by atoms with van der Waals surface area (Å²) in [6.07, 6.45) is 1.08. The smallest absolute Gasteiger partial charge is 0.166 e. The maximum absolute atomic E-state index is 10.3. The molecule has 0 bridgehead atoms. The Morgan fingerprint density at radius 1 is 0.769 bits per heavy atom. The normalized spacial score (nSPS) is 12.2. The summed E-state index contributed by atoms with van der Waals surface area (Å²) in [7, 11) is 6.38. The molecule has 0 saturated heterocycles. The molecule has 0 atom stereocenters. The zero-order valence-corrected chi connectivity index (χ0v) is 15.5. The summed E-state index contributed by atoms with van der Waals surface area (Å²) in [5, 5.41) is 20.7. The Bertz CT molecular complexity index is 759. The molecule has 0 saturated carbocycles. The molecule has 2 N–H and O–H groups in total. The number of aliphatic imine (C=N–C) groups is 2. The van der Waals surface area contributed by atoms with Crippen LogP contribution in [-0.2, 0) is 0 Å². The van der Waals surface area contributed by atoms with E-state index < -0.39 is 0 Å². The van der Waals surface area contributed by atoms with Gasteiger partial charge in [-0.25, -0.2) is 0 Å². The topological polar surface area (TPSA) is 83.6 Å². The van der Waals surface area contributed by atoms with Gasteiger partial charge in [0.1, 0.15) is 0 Å². The second kappa shape index (κ2) is 8.89. The quantitative estimate of drug-likeness (QED) is 0.745. The lowest BCUT2D eigenvalue weighted by atomic mass is 9.98. The molecule has 26 heavy (non-hydrogen) atoms. The number of benzene rings is 2. The second-order valence-corrected chi connectivity index (χ2v) is 5.55. The van der Waals surface area contributed by atoms with Crippen molar-refractivity contribution in [2.24, 2.45) is 9.98 Å². The zero-order valence-electron chi connectivity index (χ0n) is 15.5. The summed E-state index contributed by atoms with van der Waals surface area (Å²) in [5.74, 6) is 0.932. The molecule has 6 heteroatoms. The van der Waals surface area contributed by atoms with E-state index in [4.69, 9.17) is 9.47 Å². The predicted octanol–water partition coefficient (Wildman–Crippen LogP) is 3.43. The van der Waals surface area contributed by atoms with E-state index >= 15 is 0 Å². The van der Waals surface area contributed by atoms with Crippen molar-refractivity contribution >= 4 is 11.4 Å². The number of methoxy groups -OCH3 is 2. The molecule has 0 aromatic heterocycles. The van der Waals surface area contributed by atoms with Gasteiger partial charge in [-0.2, -0.15) is 0 Å². The zero-order chi connectivity index (χ0) is 19.1. The lowest BCUT2D eigenvalue weighted by Gasteiger charge is -2.13. The summed E-state index contributed by atoms with van der Waals surface area (Å²) in [4.78, 5) is 8.62. The molecule has 0 spiro atoms. The molecule has 0 aliphatic heterocycles. The molecule has 2 aromatic carbocycles. The third kappa shape index (κ3) is 3.96. The van der Waals surface area contributed by atoms with Crippen LogP contribution in [0.2, 0.25) is 0 Å². The number of ether oxygens (including phenoxy) is 2. The average molecular weight is 356 g/mol. The first-order valence-corrected chi connectivity index (χ1v) is 8.21. The summed E-state index contributed by atoms with van der Waals surface area (Å²) >= 11 is 0. The molecule has 0 aliphatic carbocycles. The number of rotatable bonds is 7. The Hall–Kier alpha value is -3.02. The van der Waals surface area contributed by atoms with Crippen molar-refractivity contribution in [3.63, 3.8) is 0 Å². The van der Waals surface area contributed by atoms with Crippen molar-refractivity contribution in [1.82, 2.24) is 0 Å². The summed E-state index contributed by atoms with van der Waals surface area (Å²) in [6, 6.07) is 10.6. The van der Waals surface area contributed by atoms with E-state index in [-0.39, 0.29) is 11.5 Å². The highest BCUT2D eigenvalue weighted by molar-refractivity contribution is 6.09. The first-order valence-electron chi connectivity index (χ1n) is 8.21. The van der Waals surface area contributed by atoms with Crippen LogP contribution in [0.3, 0.4) is 0 Å². The third-order valence-corrected chi connectivity index (χ3v) is 4.20. The fraction of sp³-hybridized carbons (Fsp3) is 0.300. The van der Waals surface area contributed by atoms with Crippen molar-refractivity contribution in [3.8, 4) is 23.0 Å². The number of nitrogens with zero attached hydrogens (tertiary/aromatic N) is 2. The van der Waals surface area contributed by atoms with Gasteiger partial charge in [0, 0.05) is 36.6 Å². The highest BCUT2D eigenvalue weighted by Crippen LogP contribution is 2.33. The van der Waals surface area contributed by atoms with Crippen LogP contribution in [-0.4, -0.2) is 50.0 Å². The Morgan fingerprint density at radius 2 is 1.15 bits per heavy atom. The Balaban J connectivity index is 2.25. The van der Waals surface area contributed by atoms with Crippen LogP contribution in [0.5, 0.6) is 23.0 Å². The van der Waals surface area contributed by atoms with Crippen LogP contribution < -0.4 is 9.47 Å². The number of para-hydroxylation sites is 2. The van der Waals surface area contributed by atoms with E-state index in [9.17, 15) is 10.2 Å². The Labute approximate surface area is 153 Å². The molecule has 0 aliphatic rings. The minimum absolute atomic E-state index is 0.0646. The van der Waals surface area contributed by atoms with E-state index in [0.29, 0.717) is 35.5 Å². The van der Waals surface area contributed by atoms with Crippen LogP contribution >= 0.6 is 0 Å². The van der Waals surface area contributed by atoms with Gasteiger partial charge in [0.15, 0.2) is 23.0 Å². The van der Waals surface area contributed by atoms with Crippen molar-refractivity contribution < 1.29 is 19.7 Å². The van der Waals surface area contributed by atoms with Gasteiger partial charge in [-0.1, -0.05) is 12.1 Å². The first kappa shape index (κ1) is 19.3. The Kier molecular flexibility index (Phi) is 6.60. The largest absolute Gasteiger partial charge is 0.504 e. The van der Waals surface area contributed by atoms with Gasteiger partial charge in [0.25, 0.3) is 0 Å². The van der Waals surface area contributed by atoms with E-state index in [1.807, 2.05) is 12.1 Å². The van der Waals surface area contributed by atoms with Crippen LogP contribution in [0.1, 0.15) is 24.0 Å². The molecule has 0 amide bonds. The van der Waals surface area contributed by atoms with Gasteiger partial charge in [0.05, 0.1) is 14.2 Å². The predicted molar refractivity (Wildman–Crippen MR) is 103 cm³/mol. The number of hydrogen-bond donors (Lipinski definition) is 2. The highest BCUT2D eigenvalue weighted by atomic mass is 16.5. The van der Waals surface area contributed by atoms with Crippen LogP contribution in [0.4, 0.5) is 0 Å². The van der Waals surface area contributed by atoms with Gasteiger partial charge in [-0.05, 0) is 37.1 Å². The standard InChI is InChI=1S/C20H24N2O4/c1-21-15(13-7-5-9-17(25-3)19(13)23)11-12-16(22-2)14-8-6-10-18(26-4)20(14)24/h5-10,23-24H,11-12H2,1-4H3. The summed E-state index contributed by atoms with van der Waals surface area (Å²) in [6.45, 7) is 0. The maximum Gasteiger partial charge on any atom is 0.166 e. The molecule has 2 aromatic rings. The summed E-state index contributed by atoms with van der Waals surface area (Å²) < 4.78 is 10.3. The molecular weight excluding hydrogens is 332 g/mol. The van der Waals surface area contributed by atoms with Gasteiger partial charge in [-0.15, -0.1) is 0 Å². The number of aromatic hydroxyl groups is 2. The SMILES string of the molecule is CN=C(CCC(=NC)c1cccc(OC)c1O)c1cccc(OC)c1O. The Morgan fingerprint density at radius 3 is 1.46 bits per heavy atom. The van der Waals surface area contributed by atoms with E-state index in [1.54, 1.807) is 38.4 Å². The van der Waals surface area contributed by atoms with E-state index in [1.165, 1.54) is 14.2 Å². The molecule has 0 heterocycles. The van der Waals surface area contributed by atoms with Crippen LogP contribution in [0.25, 0.3) is 0 Å². The molecule has 0 radical (unpaired) electrons. The lowest BCUT2D eigenvalue weighted by molar-refractivity contribution is 0.373. The van der Waals surface area contributed by atoms with Gasteiger partial charge in [0.2, 0.25) is 0 Å². The lowest BCUT2D eigenvalue weighted by Crippen LogP contribution is -2.08. The fourth-order valence-corrected chi connectivity index (χ4v) is 2.81. The van der Waals surface area contributed by atoms with Crippen LogP contribution in [0, 0.1) is 0 Å². The van der Waals surface area contributed by atoms with Crippen LogP contribution in [0.15, 0.2) is 46.4 Å². The molecule has 138 valence electrons. The molecular formula is C20H24N2O4. The maximum atomic E-state index is 10.3. The fourth-order valence-electron chi connectivity index (χ4n) is 2.81. The minimum atomic E-state index is 0.0646. The van der Waals surface area contributed by atoms with Crippen molar-refractivity contribution in [1.29, 1.82) is 0 Å². The average Bonchev–Trinajstić information content (AvgIpc) is 2.67. The first-order chi connectivity index (χ1) is 12.6. The summed E-state index contributed by atoms with van der Waals surface area (Å²) in [5.41, 5.74) is 2.70. The molecule has 2 rings (SSSR count). The highest BCUT2D eigenvalue weighted by Gasteiger charge is 2.16. The number of phenolic OH excluding ortho intramolecular Hbond substituents is 2. The second-order valence-electron chi connectivity index (χ2n) is 5.55. The van der Waals surface area contributed by atoms with Gasteiger partial charge >= 0.3 is 0 Å². The minimum Gasteiger partial charge on any atom is -0.504 e. The third-order valence-electron chi connectivity index (χ3n) is 4.20. The molecule has 0 fully saturated rings. The monoisotopic (exact) mass is 356 g/mol. The van der Waals surface area contributed by atoms with E-state index in [2.05, 4.69) is 9.98 Å². The van der Waals surface area contributed by atoms with Gasteiger partial charge < -0.3 is 19.7 Å². The van der Waals surface area contributed by atoms with Crippen molar-refractivity contribution in [2.45, 2.75) is 12.8 Å². The number of hydrogen-bond acceptors (Lipinski definition) is 6. The number of phenols is 2.